The molecule has 3 aromatic carbocycles. The number of unbranched alkanes of at least 4 members (excludes halogenated alkanes) is 8. The maximum atomic E-state index is 13.4. The molecule has 3 heterocycles. The first-order valence-corrected chi connectivity index (χ1v) is 25.7. The van der Waals surface area contributed by atoms with E-state index in [1.165, 1.54) is 16.7 Å². The van der Waals surface area contributed by atoms with E-state index in [2.05, 4.69) is 37.7 Å². The molecule has 0 spiro atoms. The van der Waals surface area contributed by atoms with Crippen LogP contribution in [0.1, 0.15) is 95.6 Å². The number of nitrogens with two attached hydrogens (primary N) is 1. The van der Waals surface area contributed by atoms with E-state index in [1.807, 2.05) is 74.2 Å². The van der Waals surface area contributed by atoms with E-state index in [0.29, 0.717) is 85.8 Å². The van der Waals surface area contributed by atoms with Gasteiger partial charge in [0.15, 0.2) is 5.65 Å². The molecule has 1 aliphatic rings. The molecule has 4 amide bonds. The second-order valence-electron chi connectivity index (χ2n) is 19.3. The molecule has 3 unspecified atom stereocenters. The summed E-state index contributed by atoms with van der Waals surface area (Å²) in [5.41, 5.74) is 10.6. The number of hydrogen-bond donors (Lipinski definition) is 6. The Hall–Kier alpha value is -7.11. The highest BCUT2D eigenvalue weighted by Crippen LogP contribution is 2.33. The summed E-state index contributed by atoms with van der Waals surface area (Å²) in [5.74, 6) is -0.0189. The summed E-state index contributed by atoms with van der Waals surface area (Å²) in [5, 5.41) is 23.0. The molecule has 17 heteroatoms. The highest BCUT2D eigenvalue weighted by Gasteiger charge is 2.29. The third-order valence-electron chi connectivity index (χ3n) is 13.1. The fourth-order valence-corrected chi connectivity index (χ4v) is 9.08. The average molecular weight is 999 g/mol. The van der Waals surface area contributed by atoms with Crippen molar-refractivity contribution in [3.05, 3.63) is 119 Å². The lowest BCUT2D eigenvalue weighted by Crippen LogP contribution is -2.54. The molecule has 0 saturated carbocycles. The molecule has 17 nitrogen and oxygen atoms in total. The van der Waals surface area contributed by atoms with Crippen LogP contribution < -0.4 is 42.2 Å². The van der Waals surface area contributed by atoms with Crippen LogP contribution in [0.2, 0.25) is 0 Å². The molecule has 2 aromatic heterocycles. The molecule has 73 heavy (non-hydrogen) atoms. The maximum Gasteiger partial charge on any atom is 0.257 e. The number of rotatable bonds is 27. The number of carbonyl (C=O) groups is 4. The van der Waals surface area contributed by atoms with E-state index >= 15 is 0 Å². The lowest BCUT2D eigenvalue weighted by molar-refractivity contribution is -0.135. The van der Waals surface area contributed by atoms with Gasteiger partial charge in [-0.15, -0.1) is 0 Å². The van der Waals surface area contributed by atoms with Crippen LogP contribution >= 0.6 is 0 Å². The number of hydrogen-bond acceptors (Lipinski definition) is 12. The number of piperazine rings is 1. The number of amides is 4. The summed E-state index contributed by atoms with van der Waals surface area (Å²) < 4.78 is 7.29. The largest absolute Gasteiger partial charge is 0.494 e. The van der Waals surface area contributed by atoms with Crippen molar-refractivity contribution in [2.24, 2.45) is 11.7 Å². The Balaban J connectivity index is 0.859. The lowest BCUT2D eigenvalue weighted by atomic mass is 9.99. The first kappa shape index (κ1) is 55.2. The molecule has 0 radical (unpaired) electrons. The molecule has 390 valence electrons. The number of anilines is 4. The van der Waals surface area contributed by atoms with Crippen molar-refractivity contribution < 1.29 is 29.0 Å². The fourth-order valence-electron chi connectivity index (χ4n) is 9.08. The SMILES string of the molecule is C=CC(=O)Nc1cccc(-n2c(=O)cc(C)c3cnc(Nc4ccc(N5CCN(C(=O)CCCCCCCCCCCNC(=O)C(CC(C)C)NC(=O)C(O)C(N)Cc6ccccc6)CC5)cc4OC)nc32)c1. The van der Waals surface area contributed by atoms with Crippen LogP contribution in [0.15, 0.2) is 103 Å². The Bertz CT molecular complexity index is 2700. The van der Waals surface area contributed by atoms with Gasteiger partial charge in [-0.2, -0.15) is 4.98 Å². The van der Waals surface area contributed by atoms with E-state index in [9.17, 15) is 29.1 Å². The molecule has 3 atom stereocenters. The number of benzene rings is 3. The van der Waals surface area contributed by atoms with Gasteiger partial charge in [0, 0.05) is 80.3 Å². The summed E-state index contributed by atoms with van der Waals surface area (Å²) in [7, 11) is 1.60. The zero-order chi connectivity index (χ0) is 52.3. The smallest absolute Gasteiger partial charge is 0.257 e. The monoisotopic (exact) mass is 999 g/mol. The normalized spacial score (nSPS) is 13.8. The van der Waals surface area contributed by atoms with Gasteiger partial charge in [-0.3, -0.25) is 28.5 Å². The summed E-state index contributed by atoms with van der Waals surface area (Å²) in [4.78, 5) is 78.0. The van der Waals surface area contributed by atoms with Crippen molar-refractivity contribution in [2.75, 3.05) is 55.4 Å². The van der Waals surface area contributed by atoms with Crippen LogP contribution in [0.4, 0.5) is 23.0 Å². The summed E-state index contributed by atoms with van der Waals surface area (Å²) in [6.07, 6.45) is 12.1. The van der Waals surface area contributed by atoms with Gasteiger partial charge in [0.2, 0.25) is 23.7 Å². The van der Waals surface area contributed by atoms with Crippen LogP contribution in [0.5, 0.6) is 5.75 Å². The Morgan fingerprint density at radius 2 is 1.55 bits per heavy atom. The number of pyridine rings is 1. The second kappa shape index (κ2) is 27.6. The summed E-state index contributed by atoms with van der Waals surface area (Å²) in [6.45, 7) is 12.5. The lowest BCUT2D eigenvalue weighted by Gasteiger charge is -2.36. The van der Waals surface area contributed by atoms with Crippen LogP contribution in [0.25, 0.3) is 16.7 Å². The zero-order valence-electron chi connectivity index (χ0n) is 42.9. The van der Waals surface area contributed by atoms with Gasteiger partial charge >= 0.3 is 0 Å². The van der Waals surface area contributed by atoms with Crippen LogP contribution in [0.3, 0.4) is 0 Å². The number of fused-ring (bicyclic) bond motifs is 1. The molecular formula is C56H74N10O7. The quantitative estimate of drug-likeness (QED) is 0.0229. The number of ether oxygens (including phenoxy) is 1. The number of aliphatic hydroxyl groups is 1. The number of aliphatic hydroxyl groups excluding tert-OH is 1. The number of nitrogens with one attached hydrogen (secondary N) is 4. The van der Waals surface area contributed by atoms with Gasteiger partial charge < -0.3 is 46.6 Å². The van der Waals surface area contributed by atoms with Crippen molar-refractivity contribution in [3.63, 3.8) is 0 Å². The van der Waals surface area contributed by atoms with Gasteiger partial charge in [0.1, 0.15) is 17.9 Å². The van der Waals surface area contributed by atoms with Crippen LogP contribution in [-0.4, -0.2) is 106 Å². The number of aryl methyl sites for hydroxylation is 1. The van der Waals surface area contributed by atoms with Gasteiger partial charge in [-0.1, -0.05) is 102 Å². The van der Waals surface area contributed by atoms with Gasteiger partial charge in [0.25, 0.3) is 11.5 Å². The van der Waals surface area contributed by atoms with E-state index in [4.69, 9.17) is 15.5 Å². The number of nitrogens with zero attached hydrogens (tertiary/aromatic N) is 5. The molecule has 1 aliphatic heterocycles. The Morgan fingerprint density at radius 1 is 0.849 bits per heavy atom. The zero-order valence-corrected chi connectivity index (χ0v) is 42.9. The van der Waals surface area contributed by atoms with Crippen LogP contribution in [0, 0.1) is 12.8 Å². The number of methoxy groups -OCH3 is 1. The highest BCUT2D eigenvalue weighted by molar-refractivity contribution is 5.99. The molecule has 0 bridgehead atoms. The minimum absolute atomic E-state index is 0.167. The number of aromatic nitrogens is 3. The maximum absolute atomic E-state index is 13.4. The van der Waals surface area contributed by atoms with Crippen molar-refractivity contribution in [1.82, 2.24) is 30.1 Å². The third kappa shape index (κ3) is 16.2. The van der Waals surface area contributed by atoms with Crippen molar-refractivity contribution in [3.8, 4) is 11.4 Å². The van der Waals surface area contributed by atoms with Gasteiger partial charge in [0.05, 0.1) is 18.5 Å². The molecule has 7 N–H and O–H groups in total. The molecule has 5 aromatic rings. The van der Waals surface area contributed by atoms with E-state index < -0.39 is 24.1 Å². The standard InChI is InChI=1S/C56H74N10O7/c1-6-49(67)60-41-22-19-23-43(35-41)66-51(69)33-39(4)44-37-59-56(63-53(44)66)62-46-26-25-42(36-48(46)73-5)64-28-30-65(31-29-64)50(68)24-17-12-10-8-7-9-11-13-18-27-58-54(71)47(32-38(2)3)61-55(72)52(70)45(57)34-40-20-15-14-16-21-40/h6,14-16,19-23,25-26,33,35-38,45,47,52,70H,1,7-13,17-18,24,27-32,34,57H2,2-5H3,(H,58,71)(H,60,67)(H,61,72)(H,59,62,63). The molecule has 1 saturated heterocycles. The minimum atomic E-state index is -1.42. The molecule has 6 rings (SSSR count). The van der Waals surface area contributed by atoms with E-state index in [1.54, 1.807) is 37.6 Å². The third-order valence-corrected chi connectivity index (χ3v) is 13.1. The van der Waals surface area contributed by atoms with Gasteiger partial charge in [-0.05, 0) is 86.1 Å². The summed E-state index contributed by atoms with van der Waals surface area (Å²) >= 11 is 0. The van der Waals surface area contributed by atoms with Gasteiger partial charge in [-0.25, -0.2) is 4.98 Å². The first-order chi connectivity index (χ1) is 35.2. The highest BCUT2D eigenvalue weighted by atomic mass is 16.5. The predicted octanol–water partition coefficient (Wildman–Crippen LogP) is 7.09. The molecule has 0 aliphatic carbocycles. The Morgan fingerprint density at radius 3 is 2.23 bits per heavy atom. The van der Waals surface area contributed by atoms with Crippen molar-refractivity contribution >= 4 is 57.7 Å². The van der Waals surface area contributed by atoms with Crippen LogP contribution in [-0.2, 0) is 25.6 Å². The van der Waals surface area contributed by atoms with Crippen molar-refractivity contribution in [1.29, 1.82) is 0 Å². The molecule has 1 fully saturated rings. The first-order valence-electron chi connectivity index (χ1n) is 25.7. The van der Waals surface area contributed by atoms with Crippen molar-refractivity contribution in [2.45, 2.75) is 116 Å². The Labute approximate surface area is 429 Å². The minimum Gasteiger partial charge on any atom is -0.494 e. The summed E-state index contributed by atoms with van der Waals surface area (Å²) in [6, 6.07) is 22.3. The fraction of sp³-hybridized carbons (Fsp3) is 0.446. The van der Waals surface area contributed by atoms with E-state index in [0.717, 1.165) is 74.6 Å². The van der Waals surface area contributed by atoms with E-state index in [-0.39, 0.29) is 35.1 Å². The Kier molecular flexibility index (Phi) is 20.9. The predicted molar refractivity (Wildman–Crippen MR) is 288 cm³/mol. The topological polar surface area (TPSA) is 226 Å². The second-order valence-corrected chi connectivity index (χ2v) is 19.3. The average Bonchev–Trinajstić information content (AvgIpc) is 3.38. The molecular weight excluding hydrogens is 925 g/mol. The number of carbonyl (C=O) groups excluding carboxylic acids is 4.